The molecular formula is C64H71FN4O10S2. The lowest BCUT2D eigenvalue weighted by atomic mass is 9.84. The quantitative estimate of drug-likeness (QED) is 0.0124. The Hall–Kier alpha value is -6.86. The lowest BCUT2D eigenvalue weighted by Crippen LogP contribution is -2.45. The van der Waals surface area contributed by atoms with Crippen molar-refractivity contribution in [3.05, 3.63) is 155 Å². The van der Waals surface area contributed by atoms with Gasteiger partial charge < -0.3 is 37.9 Å². The summed E-state index contributed by atoms with van der Waals surface area (Å²) in [5, 5.41) is 8.67. The van der Waals surface area contributed by atoms with Gasteiger partial charge in [-0.05, 0) is 126 Å². The van der Waals surface area contributed by atoms with Gasteiger partial charge in [0.1, 0.15) is 37.2 Å². The van der Waals surface area contributed by atoms with Crippen LogP contribution in [0.1, 0.15) is 74.6 Å². The molecule has 2 aliphatic heterocycles. The molecule has 7 aromatic rings. The van der Waals surface area contributed by atoms with Crippen LogP contribution in [0.25, 0.3) is 32.1 Å². The fourth-order valence-electron chi connectivity index (χ4n) is 9.30. The number of methoxy groups -OCH3 is 1. The predicted molar refractivity (Wildman–Crippen MR) is 319 cm³/mol. The molecule has 9 rings (SSSR count). The van der Waals surface area contributed by atoms with Gasteiger partial charge in [0, 0.05) is 54.5 Å². The molecule has 17 heteroatoms. The maximum absolute atomic E-state index is 16.6. The van der Waals surface area contributed by atoms with Crippen LogP contribution < -0.4 is 24.0 Å². The van der Waals surface area contributed by atoms with Gasteiger partial charge in [0.25, 0.3) is 11.8 Å². The van der Waals surface area contributed by atoms with Crippen molar-refractivity contribution in [1.82, 2.24) is 9.88 Å². The Balaban J connectivity index is 0.881. The number of hydrazone groups is 1. The number of hydrogen-bond acceptors (Lipinski definition) is 15. The van der Waals surface area contributed by atoms with Crippen LogP contribution >= 0.6 is 23.1 Å². The molecule has 426 valence electrons. The Morgan fingerprint density at radius 3 is 2.10 bits per heavy atom. The van der Waals surface area contributed by atoms with Gasteiger partial charge in [-0.1, -0.05) is 92.3 Å². The first-order chi connectivity index (χ1) is 39.7. The lowest BCUT2D eigenvalue weighted by molar-refractivity contribution is -0.150. The Kier molecular flexibility index (Phi) is 21.6. The molecule has 1 aromatic heterocycles. The summed E-state index contributed by atoms with van der Waals surface area (Å²) in [6.45, 7) is 10.2. The fraction of sp³-hybridized carbons (Fsp3) is 0.375. The van der Waals surface area contributed by atoms with Crippen molar-refractivity contribution in [3.63, 3.8) is 0 Å². The van der Waals surface area contributed by atoms with Crippen molar-refractivity contribution < 1.29 is 51.9 Å². The van der Waals surface area contributed by atoms with Gasteiger partial charge in [0.05, 0.1) is 62.7 Å². The van der Waals surface area contributed by atoms with E-state index in [0.29, 0.717) is 72.7 Å². The highest BCUT2D eigenvalue weighted by Crippen LogP contribution is 2.39. The van der Waals surface area contributed by atoms with Crippen molar-refractivity contribution >= 4 is 67.2 Å². The summed E-state index contributed by atoms with van der Waals surface area (Å²) in [5.41, 5.74) is 6.49. The zero-order chi connectivity index (χ0) is 56.2. The predicted octanol–water partition coefficient (Wildman–Crippen LogP) is 13.2. The number of thioether (sulfide) groups is 1. The van der Waals surface area contributed by atoms with E-state index in [0.717, 1.165) is 113 Å². The minimum Gasteiger partial charge on any atom is -0.494 e. The number of unbranched alkanes of at least 4 members (excludes halogenated alkanes) is 3. The van der Waals surface area contributed by atoms with Crippen molar-refractivity contribution in [2.75, 3.05) is 84.0 Å². The molecule has 81 heavy (non-hydrogen) atoms. The van der Waals surface area contributed by atoms with Crippen molar-refractivity contribution in [1.29, 1.82) is 0 Å². The van der Waals surface area contributed by atoms with Gasteiger partial charge in [-0.3, -0.25) is 14.5 Å². The lowest BCUT2D eigenvalue weighted by Gasteiger charge is -2.40. The molecule has 0 bridgehead atoms. The molecule has 0 radical (unpaired) electrons. The van der Waals surface area contributed by atoms with Crippen LogP contribution in [-0.4, -0.2) is 107 Å². The van der Waals surface area contributed by atoms with E-state index in [4.69, 9.17) is 48.0 Å². The number of thiazole rings is 1. The molecule has 0 aliphatic carbocycles. The SMILES string of the molecule is CCSCc1c(-c2ccc(OCc3ccc(OCCCN4C(=O)C=CC4=O)cc3)c(/C=N/N(COCCOC)c3nc4ccccc4s3)c2)ccc2c(F)c(OCc3ccc(OCCCCCCOCC4(CC)COC4)cc3)ccc12. The first kappa shape index (κ1) is 58.8. The van der Waals surface area contributed by atoms with E-state index in [1.54, 1.807) is 36.2 Å². The van der Waals surface area contributed by atoms with Crippen molar-refractivity contribution in [2.45, 2.75) is 71.3 Å². The molecule has 2 amide bonds. The number of amides is 2. The number of aromatic nitrogens is 1. The Morgan fingerprint density at radius 2 is 1.42 bits per heavy atom. The first-order valence-corrected chi connectivity index (χ1v) is 29.8. The third kappa shape index (κ3) is 16.0. The number of carbonyl (C=O) groups is 2. The summed E-state index contributed by atoms with van der Waals surface area (Å²) in [6, 6.07) is 36.9. The van der Waals surface area contributed by atoms with Crippen LogP contribution in [0.4, 0.5) is 9.52 Å². The molecule has 3 heterocycles. The van der Waals surface area contributed by atoms with E-state index < -0.39 is 5.82 Å². The highest BCUT2D eigenvalue weighted by atomic mass is 32.2. The average molecular weight is 1140 g/mol. The Morgan fingerprint density at radius 1 is 0.741 bits per heavy atom. The second-order valence-corrected chi connectivity index (χ2v) is 22.3. The van der Waals surface area contributed by atoms with Gasteiger partial charge in [-0.25, -0.2) is 14.4 Å². The summed E-state index contributed by atoms with van der Waals surface area (Å²) >= 11 is 3.29. The average Bonchev–Trinajstić information content (AvgIpc) is 4.15. The third-order valence-electron chi connectivity index (χ3n) is 14.2. The number of halogens is 1. The molecule has 14 nitrogen and oxygen atoms in total. The monoisotopic (exact) mass is 1140 g/mol. The molecule has 0 spiro atoms. The number of rotatable bonds is 34. The van der Waals surface area contributed by atoms with Gasteiger partial charge >= 0.3 is 0 Å². The normalized spacial score (nSPS) is 13.9. The van der Waals surface area contributed by atoms with E-state index in [1.165, 1.54) is 28.4 Å². The topological polar surface area (TPSA) is 140 Å². The number of nitrogens with zero attached hydrogens (tertiary/aromatic N) is 4. The van der Waals surface area contributed by atoms with E-state index in [9.17, 15) is 9.59 Å². The first-order valence-electron chi connectivity index (χ1n) is 27.8. The molecular weight excluding hydrogens is 1070 g/mol. The number of ether oxygens (including phenoxy) is 8. The van der Waals surface area contributed by atoms with Crippen LogP contribution in [0.2, 0.25) is 0 Å². The van der Waals surface area contributed by atoms with Crippen LogP contribution in [0, 0.1) is 11.2 Å². The molecule has 6 aromatic carbocycles. The standard InChI is InChI=1S/C64H71FN4O10S2/c1-4-64(43-75-44-64)42-73-32-10-6-7-11-33-76-50-20-17-47(18-21-50)40-79-58-28-26-53-54(62(58)65)25-24-52(55(53)41-80-5-2)48-19-27-57(78-39-46-15-22-51(23-16-46)77-34-12-31-68-60(70)29-30-61(68)71)49(37-48)38-66-69(45-74-36-35-72-3)63-67-56-13-8-9-14-59(56)81-63/h8-9,13-30,37-38H,4-7,10-12,31-36,39-45H2,1-3H3/b66-38+. The molecule has 0 atom stereocenters. The molecule has 1 saturated heterocycles. The summed E-state index contributed by atoms with van der Waals surface area (Å²) in [7, 11) is 1.63. The Labute approximate surface area is 482 Å². The van der Waals surface area contributed by atoms with Crippen LogP contribution in [0.15, 0.2) is 133 Å². The maximum Gasteiger partial charge on any atom is 0.253 e. The molecule has 0 saturated carbocycles. The Bertz CT molecular complexity index is 3180. The van der Waals surface area contributed by atoms with Gasteiger partial charge in [-0.2, -0.15) is 16.9 Å². The highest BCUT2D eigenvalue weighted by Gasteiger charge is 2.37. The fourth-order valence-corrected chi connectivity index (χ4v) is 10.9. The van der Waals surface area contributed by atoms with Crippen molar-refractivity contribution in [3.8, 4) is 34.1 Å². The highest BCUT2D eigenvalue weighted by molar-refractivity contribution is 7.98. The number of fused-ring (bicyclic) bond motifs is 2. The summed E-state index contributed by atoms with van der Waals surface area (Å²) < 4.78 is 64.9. The third-order valence-corrected chi connectivity index (χ3v) is 16.2. The number of hydrogen-bond donors (Lipinski definition) is 0. The largest absolute Gasteiger partial charge is 0.494 e. The van der Waals surface area contributed by atoms with Crippen LogP contribution in [0.5, 0.6) is 23.0 Å². The second-order valence-electron chi connectivity index (χ2n) is 20.0. The van der Waals surface area contributed by atoms with Crippen LogP contribution in [0.3, 0.4) is 0 Å². The molecule has 2 aliphatic rings. The van der Waals surface area contributed by atoms with Gasteiger partial charge in [0.15, 0.2) is 11.6 Å². The van der Waals surface area contributed by atoms with Gasteiger partial charge in [-0.15, -0.1) is 0 Å². The number of para-hydroxylation sites is 1. The summed E-state index contributed by atoms with van der Waals surface area (Å²) in [6.07, 6.45) is 10.2. The summed E-state index contributed by atoms with van der Waals surface area (Å²) in [4.78, 5) is 29.9. The number of benzene rings is 6. The summed E-state index contributed by atoms with van der Waals surface area (Å²) in [5.74, 6) is 2.76. The van der Waals surface area contributed by atoms with Crippen molar-refractivity contribution in [2.24, 2.45) is 10.5 Å². The second kappa shape index (κ2) is 29.7. The van der Waals surface area contributed by atoms with E-state index in [-0.39, 0.29) is 42.9 Å². The zero-order valence-electron chi connectivity index (χ0n) is 46.4. The minimum atomic E-state index is -0.407. The molecule has 0 unspecified atom stereocenters. The zero-order valence-corrected chi connectivity index (χ0v) is 48.0. The minimum absolute atomic E-state index is 0.131. The van der Waals surface area contributed by atoms with E-state index in [2.05, 4.69) is 19.9 Å². The van der Waals surface area contributed by atoms with E-state index in [1.807, 2.05) is 103 Å². The van der Waals surface area contributed by atoms with E-state index >= 15 is 4.39 Å². The van der Waals surface area contributed by atoms with Gasteiger partial charge in [0.2, 0.25) is 5.13 Å². The number of carbonyl (C=O) groups excluding carboxylic acids is 2. The molecule has 0 N–H and O–H groups in total. The maximum atomic E-state index is 16.6. The smallest absolute Gasteiger partial charge is 0.253 e. The number of imide groups is 1. The van der Waals surface area contributed by atoms with Crippen LogP contribution in [-0.2, 0) is 47.5 Å². The molecule has 1 fully saturated rings. The number of anilines is 1.